The summed E-state index contributed by atoms with van der Waals surface area (Å²) < 4.78 is 27.7. The summed E-state index contributed by atoms with van der Waals surface area (Å²) in [5, 5.41) is 0. The van der Waals surface area contributed by atoms with Crippen molar-refractivity contribution in [1.82, 2.24) is 4.98 Å². The summed E-state index contributed by atoms with van der Waals surface area (Å²) in [5.74, 6) is 0.0831. The third kappa shape index (κ3) is 2.84. The van der Waals surface area contributed by atoms with Crippen molar-refractivity contribution in [2.75, 3.05) is 36.3 Å². The molecule has 1 aromatic rings. The molecule has 2 heterocycles. The van der Waals surface area contributed by atoms with Crippen molar-refractivity contribution in [1.29, 1.82) is 0 Å². The topological polar surface area (TPSA) is 103 Å². The van der Waals surface area contributed by atoms with Crippen LogP contribution in [0.5, 0.6) is 0 Å². The molecule has 0 aromatic carbocycles. The molecule has 7 nitrogen and oxygen atoms in total. The van der Waals surface area contributed by atoms with E-state index < -0.39 is 15.8 Å². The van der Waals surface area contributed by atoms with Crippen molar-refractivity contribution >= 4 is 27.3 Å². The lowest BCUT2D eigenvalue weighted by Crippen LogP contribution is -2.34. The molecule has 0 aliphatic carbocycles. The average molecular weight is 299 g/mol. The molecule has 1 fully saturated rings. The van der Waals surface area contributed by atoms with Gasteiger partial charge in [-0.15, -0.1) is 0 Å². The lowest BCUT2D eigenvalue weighted by Gasteiger charge is -2.25. The molecule has 1 atom stereocenters. The summed E-state index contributed by atoms with van der Waals surface area (Å²) in [6.45, 7) is 0. The van der Waals surface area contributed by atoms with Gasteiger partial charge in [0.15, 0.2) is 21.3 Å². The second-order valence-electron chi connectivity index (χ2n) is 4.77. The zero-order valence-corrected chi connectivity index (χ0v) is 12.2. The van der Waals surface area contributed by atoms with E-state index in [1.807, 2.05) is 0 Å². The van der Waals surface area contributed by atoms with Crippen molar-refractivity contribution < 1.29 is 17.9 Å². The van der Waals surface area contributed by atoms with E-state index in [0.29, 0.717) is 17.9 Å². The van der Waals surface area contributed by atoms with Crippen LogP contribution in [-0.2, 0) is 14.6 Å². The number of methoxy groups -OCH3 is 1. The van der Waals surface area contributed by atoms with E-state index in [4.69, 9.17) is 5.73 Å². The minimum atomic E-state index is -2.99. The molecule has 1 aliphatic heterocycles. The van der Waals surface area contributed by atoms with E-state index >= 15 is 0 Å². The van der Waals surface area contributed by atoms with Gasteiger partial charge in [0.1, 0.15) is 0 Å². The van der Waals surface area contributed by atoms with Gasteiger partial charge in [0.25, 0.3) is 0 Å². The highest BCUT2D eigenvalue weighted by atomic mass is 32.2. The number of ether oxygens (including phenoxy) is 1. The van der Waals surface area contributed by atoms with Gasteiger partial charge in [-0.25, -0.2) is 18.2 Å². The number of aromatic nitrogens is 1. The van der Waals surface area contributed by atoms with Crippen molar-refractivity contribution in [2.24, 2.45) is 0 Å². The Labute approximate surface area is 117 Å². The first-order chi connectivity index (χ1) is 9.34. The number of nitrogens with zero attached hydrogens (tertiary/aromatic N) is 2. The predicted octanol–water partition coefficient (Wildman–Crippen LogP) is 0.0737. The molecule has 20 heavy (non-hydrogen) atoms. The number of pyridine rings is 1. The van der Waals surface area contributed by atoms with Crippen molar-refractivity contribution in [2.45, 2.75) is 12.5 Å². The van der Waals surface area contributed by atoms with Gasteiger partial charge in [0.2, 0.25) is 0 Å². The van der Waals surface area contributed by atoms with Gasteiger partial charge < -0.3 is 15.4 Å². The summed E-state index contributed by atoms with van der Waals surface area (Å²) in [5.41, 5.74) is 6.40. The second kappa shape index (κ2) is 5.28. The fourth-order valence-electron chi connectivity index (χ4n) is 2.21. The average Bonchev–Trinajstić information content (AvgIpc) is 2.78. The number of esters is 1. The maximum Gasteiger partial charge on any atom is 0.356 e. The van der Waals surface area contributed by atoms with Crippen molar-refractivity contribution in [3.8, 4) is 0 Å². The summed E-state index contributed by atoms with van der Waals surface area (Å²) in [7, 11) is 0.00423. The summed E-state index contributed by atoms with van der Waals surface area (Å²) in [4.78, 5) is 17.4. The lowest BCUT2D eigenvalue weighted by molar-refractivity contribution is 0.0594. The van der Waals surface area contributed by atoms with E-state index in [2.05, 4.69) is 9.72 Å². The number of anilines is 2. The van der Waals surface area contributed by atoms with Crippen LogP contribution in [0.4, 0.5) is 11.5 Å². The number of sulfone groups is 1. The van der Waals surface area contributed by atoms with Crippen molar-refractivity contribution in [3.63, 3.8) is 0 Å². The van der Waals surface area contributed by atoms with E-state index in [9.17, 15) is 13.2 Å². The smallest absolute Gasteiger partial charge is 0.356 e. The summed E-state index contributed by atoms with van der Waals surface area (Å²) in [6, 6.07) is 2.86. The number of carbonyl (C=O) groups excluding carboxylic acids is 1. The first-order valence-electron chi connectivity index (χ1n) is 6.12. The highest BCUT2D eigenvalue weighted by molar-refractivity contribution is 7.91. The molecule has 1 saturated heterocycles. The third-order valence-corrected chi connectivity index (χ3v) is 5.14. The van der Waals surface area contributed by atoms with Crippen LogP contribution in [0.15, 0.2) is 12.1 Å². The van der Waals surface area contributed by atoms with Gasteiger partial charge in [-0.05, 0) is 18.6 Å². The number of rotatable bonds is 3. The van der Waals surface area contributed by atoms with Gasteiger partial charge in [-0.3, -0.25) is 0 Å². The maximum atomic E-state index is 11.5. The van der Waals surface area contributed by atoms with Gasteiger partial charge >= 0.3 is 5.97 Å². The monoisotopic (exact) mass is 299 g/mol. The normalized spacial score (nSPS) is 20.6. The molecule has 2 N–H and O–H groups in total. The lowest BCUT2D eigenvalue weighted by atomic mass is 10.2. The zero-order chi connectivity index (χ0) is 14.9. The fourth-order valence-corrected chi connectivity index (χ4v) is 3.99. The Kier molecular flexibility index (Phi) is 3.85. The Balaban J connectivity index is 2.30. The highest BCUT2D eigenvalue weighted by Gasteiger charge is 2.32. The van der Waals surface area contributed by atoms with Gasteiger partial charge in [-0.2, -0.15) is 0 Å². The Morgan fingerprint density at radius 2 is 2.20 bits per heavy atom. The van der Waals surface area contributed by atoms with Crippen LogP contribution in [0, 0.1) is 0 Å². The Morgan fingerprint density at radius 1 is 1.50 bits per heavy atom. The maximum absolute atomic E-state index is 11.5. The Hall–Kier alpha value is -1.83. The van der Waals surface area contributed by atoms with E-state index in [1.165, 1.54) is 13.2 Å². The number of hydrogen-bond donors (Lipinski definition) is 1. The molecule has 1 unspecified atom stereocenters. The number of nitrogens with two attached hydrogens (primary N) is 1. The van der Waals surface area contributed by atoms with Crippen LogP contribution in [0.25, 0.3) is 0 Å². The summed E-state index contributed by atoms with van der Waals surface area (Å²) in [6.07, 6.45) is 0.530. The molecule has 8 heteroatoms. The van der Waals surface area contributed by atoms with Crippen LogP contribution >= 0.6 is 0 Å². The first-order valence-corrected chi connectivity index (χ1v) is 7.94. The molecule has 1 aliphatic rings. The highest BCUT2D eigenvalue weighted by Crippen LogP contribution is 2.26. The van der Waals surface area contributed by atoms with Crippen LogP contribution in [0.1, 0.15) is 16.9 Å². The quantitative estimate of drug-likeness (QED) is 0.788. The third-order valence-electron chi connectivity index (χ3n) is 3.39. The summed E-state index contributed by atoms with van der Waals surface area (Å²) >= 11 is 0. The molecule has 0 saturated carbocycles. The molecular formula is C12H17N3O4S. The van der Waals surface area contributed by atoms with Crippen LogP contribution in [-0.4, -0.2) is 51.1 Å². The van der Waals surface area contributed by atoms with Crippen LogP contribution in [0.2, 0.25) is 0 Å². The number of hydrogen-bond acceptors (Lipinski definition) is 7. The van der Waals surface area contributed by atoms with E-state index in [1.54, 1.807) is 18.0 Å². The first kappa shape index (κ1) is 14.6. The second-order valence-corrected chi connectivity index (χ2v) is 7.00. The van der Waals surface area contributed by atoms with Gasteiger partial charge in [0.05, 0.1) is 24.3 Å². The zero-order valence-electron chi connectivity index (χ0n) is 11.4. The molecule has 0 amide bonds. The number of carbonyl (C=O) groups is 1. The van der Waals surface area contributed by atoms with Crippen molar-refractivity contribution in [3.05, 3.63) is 17.8 Å². The standard InChI is InChI=1S/C12H17N3O4S/c1-15(8-5-6-20(17,18)7-8)11-9(13)3-4-10(14-11)12(16)19-2/h3-4,8H,5-7,13H2,1-2H3. The minimum absolute atomic E-state index is 0.0765. The SMILES string of the molecule is COC(=O)c1ccc(N)c(N(C)C2CCS(=O)(=O)C2)n1. The molecule has 0 radical (unpaired) electrons. The van der Waals surface area contributed by atoms with E-state index in [-0.39, 0.29) is 23.2 Å². The Morgan fingerprint density at radius 3 is 2.75 bits per heavy atom. The number of nitrogen functional groups attached to an aromatic ring is 1. The Bertz CT molecular complexity index is 630. The van der Waals surface area contributed by atoms with Gasteiger partial charge in [0, 0.05) is 13.1 Å². The fraction of sp³-hybridized carbons (Fsp3) is 0.500. The van der Waals surface area contributed by atoms with E-state index in [0.717, 1.165) is 0 Å². The molecule has 110 valence electrons. The van der Waals surface area contributed by atoms with Crippen LogP contribution in [0.3, 0.4) is 0 Å². The molecule has 1 aromatic heterocycles. The van der Waals surface area contributed by atoms with Gasteiger partial charge in [-0.1, -0.05) is 0 Å². The molecule has 2 rings (SSSR count). The largest absolute Gasteiger partial charge is 0.464 e. The molecular weight excluding hydrogens is 282 g/mol. The molecule has 0 bridgehead atoms. The van der Waals surface area contributed by atoms with Crippen LogP contribution < -0.4 is 10.6 Å². The molecule has 0 spiro atoms. The predicted molar refractivity (Wildman–Crippen MR) is 75.5 cm³/mol. The minimum Gasteiger partial charge on any atom is -0.464 e.